The van der Waals surface area contributed by atoms with Crippen LogP contribution in [0, 0.1) is 3.57 Å². The average molecular weight is 385 g/mol. The molecule has 5 nitrogen and oxygen atoms in total. The fraction of sp³-hybridized carbons (Fsp3) is 0.500. The molecule has 0 atom stereocenters. The van der Waals surface area contributed by atoms with Gasteiger partial charge in [-0.15, -0.1) is 0 Å². The van der Waals surface area contributed by atoms with Crippen LogP contribution in [0.25, 0.3) is 5.82 Å². The van der Waals surface area contributed by atoms with E-state index in [1.165, 1.54) is 0 Å². The van der Waals surface area contributed by atoms with Crippen molar-refractivity contribution in [2.24, 2.45) is 0 Å². The van der Waals surface area contributed by atoms with Crippen molar-refractivity contribution in [2.75, 3.05) is 11.9 Å². The lowest BCUT2D eigenvalue weighted by atomic mass is 9.96. The van der Waals surface area contributed by atoms with Crippen molar-refractivity contribution in [3.8, 4) is 5.82 Å². The van der Waals surface area contributed by atoms with E-state index in [9.17, 15) is 0 Å². The molecule has 6 heteroatoms. The third kappa shape index (κ3) is 3.68. The van der Waals surface area contributed by atoms with E-state index >= 15 is 0 Å². The van der Waals surface area contributed by atoms with Crippen molar-refractivity contribution in [2.45, 2.75) is 39.5 Å². The van der Waals surface area contributed by atoms with E-state index in [0.29, 0.717) is 0 Å². The minimum atomic E-state index is -0.0983. The largest absolute Gasteiger partial charge is 0.370 e. The predicted octanol–water partition coefficient (Wildman–Crippen LogP) is 3.39. The van der Waals surface area contributed by atoms with Gasteiger partial charge < -0.3 is 5.32 Å². The lowest BCUT2D eigenvalue weighted by Gasteiger charge is -2.18. The van der Waals surface area contributed by atoms with E-state index in [-0.39, 0.29) is 5.41 Å². The minimum absolute atomic E-state index is 0.0983. The molecule has 108 valence electrons. The third-order valence-electron chi connectivity index (χ3n) is 2.73. The summed E-state index contributed by atoms with van der Waals surface area (Å²) in [6.07, 6.45) is 4.83. The Morgan fingerprint density at radius 3 is 2.60 bits per heavy atom. The SMILES string of the molecule is CCCNc1cc(-n2cc(I)cn2)nc(C(C)(C)C)n1. The number of nitrogens with zero attached hydrogens (tertiary/aromatic N) is 4. The second-order valence-electron chi connectivity index (χ2n) is 5.71. The molecule has 0 bridgehead atoms. The van der Waals surface area contributed by atoms with E-state index in [0.717, 1.165) is 34.0 Å². The van der Waals surface area contributed by atoms with Crippen LogP contribution in [0.4, 0.5) is 5.82 Å². The minimum Gasteiger partial charge on any atom is -0.370 e. The fourth-order valence-corrected chi connectivity index (χ4v) is 2.05. The third-order valence-corrected chi connectivity index (χ3v) is 3.28. The number of rotatable bonds is 4. The summed E-state index contributed by atoms with van der Waals surface area (Å²) in [5.74, 6) is 2.47. The van der Waals surface area contributed by atoms with Gasteiger partial charge in [0.05, 0.1) is 9.77 Å². The van der Waals surface area contributed by atoms with Crippen LogP contribution >= 0.6 is 22.6 Å². The van der Waals surface area contributed by atoms with Crippen molar-refractivity contribution in [1.29, 1.82) is 0 Å². The summed E-state index contributed by atoms with van der Waals surface area (Å²) in [6, 6.07) is 1.94. The van der Waals surface area contributed by atoms with E-state index in [2.05, 4.69) is 70.7 Å². The van der Waals surface area contributed by atoms with Crippen molar-refractivity contribution in [1.82, 2.24) is 19.7 Å². The molecule has 0 aliphatic heterocycles. The summed E-state index contributed by atoms with van der Waals surface area (Å²) < 4.78 is 2.87. The van der Waals surface area contributed by atoms with E-state index < -0.39 is 0 Å². The first-order chi connectivity index (χ1) is 9.40. The monoisotopic (exact) mass is 385 g/mol. The number of aromatic nitrogens is 4. The average Bonchev–Trinajstić information content (AvgIpc) is 2.82. The molecule has 0 radical (unpaired) electrons. The van der Waals surface area contributed by atoms with E-state index in [4.69, 9.17) is 0 Å². The molecule has 0 amide bonds. The molecular weight excluding hydrogens is 365 g/mol. The highest BCUT2D eigenvalue weighted by atomic mass is 127. The quantitative estimate of drug-likeness (QED) is 0.820. The van der Waals surface area contributed by atoms with Gasteiger partial charge in [-0.05, 0) is 29.0 Å². The Hall–Kier alpha value is -1.18. The van der Waals surface area contributed by atoms with E-state index in [1.54, 1.807) is 4.68 Å². The Morgan fingerprint density at radius 2 is 2.05 bits per heavy atom. The molecular formula is C14H20IN5. The van der Waals surface area contributed by atoms with Crippen LogP contribution in [0.5, 0.6) is 0 Å². The molecule has 0 aliphatic rings. The summed E-state index contributed by atoms with van der Waals surface area (Å²) >= 11 is 2.24. The maximum atomic E-state index is 4.64. The van der Waals surface area contributed by atoms with Crippen molar-refractivity contribution in [3.05, 3.63) is 27.9 Å². The first-order valence-corrected chi connectivity index (χ1v) is 7.82. The van der Waals surface area contributed by atoms with Crippen LogP contribution in [0.1, 0.15) is 39.9 Å². The molecule has 2 rings (SSSR count). The molecule has 2 aromatic heterocycles. The molecule has 20 heavy (non-hydrogen) atoms. The van der Waals surface area contributed by atoms with Gasteiger partial charge in [-0.25, -0.2) is 14.6 Å². The van der Waals surface area contributed by atoms with Crippen molar-refractivity contribution < 1.29 is 0 Å². The summed E-state index contributed by atoms with van der Waals surface area (Å²) in [5, 5.41) is 7.65. The van der Waals surface area contributed by atoms with Gasteiger partial charge in [-0.3, -0.25) is 0 Å². The van der Waals surface area contributed by atoms with Gasteiger partial charge in [-0.1, -0.05) is 27.7 Å². The molecule has 0 fully saturated rings. The highest BCUT2D eigenvalue weighted by Crippen LogP contribution is 2.22. The fourth-order valence-electron chi connectivity index (χ4n) is 1.66. The highest BCUT2D eigenvalue weighted by Gasteiger charge is 2.19. The molecule has 0 saturated carbocycles. The number of nitrogens with one attached hydrogen (secondary N) is 1. The second-order valence-corrected chi connectivity index (χ2v) is 6.96. The van der Waals surface area contributed by atoms with Crippen LogP contribution in [-0.2, 0) is 5.41 Å². The zero-order valence-corrected chi connectivity index (χ0v) is 14.5. The van der Waals surface area contributed by atoms with Crippen LogP contribution < -0.4 is 5.32 Å². The molecule has 2 heterocycles. The summed E-state index contributed by atoms with van der Waals surface area (Å²) in [6.45, 7) is 9.37. The lowest BCUT2D eigenvalue weighted by molar-refractivity contribution is 0.542. The smallest absolute Gasteiger partial charge is 0.159 e. The summed E-state index contributed by atoms with van der Waals surface area (Å²) in [4.78, 5) is 9.25. The zero-order valence-electron chi connectivity index (χ0n) is 12.3. The standard InChI is InChI=1S/C14H20IN5/c1-5-6-16-11-7-12(20-9-10(15)8-17-20)19-13(18-11)14(2,3)4/h7-9H,5-6H2,1-4H3,(H,16,18,19). The summed E-state index contributed by atoms with van der Waals surface area (Å²) in [5.41, 5.74) is -0.0983. The number of halogens is 1. The number of hydrogen-bond donors (Lipinski definition) is 1. The Bertz CT molecular complexity index is 585. The van der Waals surface area contributed by atoms with Crippen molar-refractivity contribution in [3.63, 3.8) is 0 Å². The van der Waals surface area contributed by atoms with Gasteiger partial charge in [0.15, 0.2) is 5.82 Å². The first kappa shape index (κ1) is 15.2. The van der Waals surface area contributed by atoms with Crippen LogP contribution in [0.3, 0.4) is 0 Å². The lowest BCUT2D eigenvalue weighted by Crippen LogP contribution is -2.19. The zero-order chi connectivity index (χ0) is 14.8. The van der Waals surface area contributed by atoms with Crippen LogP contribution in [0.2, 0.25) is 0 Å². The topological polar surface area (TPSA) is 55.6 Å². The Morgan fingerprint density at radius 1 is 1.30 bits per heavy atom. The highest BCUT2D eigenvalue weighted by molar-refractivity contribution is 14.1. The molecule has 2 aromatic rings. The normalized spacial score (nSPS) is 11.7. The van der Waals surface area contributed by atoms with Gasteiger partial charge >= 0.3 is 0 Å². The number of hydrogen-bond acceptors (Lipinski definition) is 4. The Labute approximate surface area is 133 Å². The number of anilines is 1. The summed E-state index contributed by atoms with van der Waals surface area (Å²) in [7, 11) is 0. The van der Waals surface area contributed by atoms with Gasteiger partial charge in [0, 0.05) is 24.2 Å². The van der Waals surface area contributed by atoms with E-state index in [1.807, 2.05) is 18.5 Å². The van der Waals surface area contributed by atoms with Gasteiger partial charge in [0.2, 0.25) is 0 Å². The molecule has 0 aromatic carbocycles. The maximum absolute atomic E-state index is 4.64. The molecule has 0 saturated heterocycles. The molecule has 0 spiro atoms. The first-order valence-electron chi connectivity index (χ1n) is 6.74. The Balaban J connectivity index is 2.45. The van der Waals surface area contributed by atoms with Gasteiger partial charge in [0.1, 0.15) is 11.6 Å². The van der Waals surface area contributed by atoms with Crippen LogP contribution in [-0.4, -0.2) is 26.3 Å². The van der Waals surface area contributed by atoms with Gasteiger partial charge in [0.25, 0.3) is 0 Å². The predicted molar refractivity (Wildman–Crippen MR) is 89.4 cm³/mol. The molecule has 0 aliphatic carbocycles. The maximum Gasteiger partial charge on any atom is 0.159 e. The Kier molecular flexibility index (Phi) is 4.62. The van der Waals surface area contributed by atoms with Gasteiger partial charge in [-0.2, -0.15) is 5.10 Å². The van der Waals surface area contributed by atoms with Crippen LogP contribution in [0.15, 0.2) is 18.5 Å². The van der Waals surface area contributed by atoms with Crippen molar-refractivity contribution >= 4 is 28.4 Å². The molecule has 1 N–H and O–H groups in total. The molecule has 0 unspecified atom stereocenters. The second kappa shape index (κ2) is 6.07.